The maximum Gasteiger partial charge on any atom is 0.573 e. The SMILES string of the molecule is Cc1ccc(C2NC(=O)c3c2c(-c2ccccc2)nn3-c2ccc(OC(F)(F)F)cc2)cc1. The molecule has 4 aromatic rings. The number of hydrogen-bond donors (Lipinski definition) is 1. The van der Waals surface area contributed by atoms with Crippen molar-refractivity contribution in [2.75, 3.05) is 0 Å². The molecule has 1 aromatic heterocycles. The summed E-state index contributed by atoms with van der Waals surface area (Å²) in [6.07, 6.45) is -4.78. The van der Waals surface area contributed by atoms with E-state index in [-0.39, 0.29) is 11.7 Å². The number of halogens is 3. The average molecular weight is 449 g/mol. The Hall–Kier alpha value is -4.07. The van der Waals surface area contributed by atoms with Crippen molar-refractivity contribution in [2.24, 2.45) is 0 Å². The molecule has 3 aromatic carbocycles. The van der Waals surface area contributed by atoms with E-state index in [4.69, 9.17) is 5.10 Å². The molecule has 5 rings (SSSR count). The van der Waals surface area contributed by atoms with Gasteiger partial charge in [0.2, 0.25) is 0 Å². The van der Waals surface area contributed by atoms with Crippen LogP contribution >= 0.6 is 0 Å². The lowest BCUT2D eigenvalue weighted by Gasteiger charge is -2.13. The Bertz CT molecular complexity index is 1310. The van der Waals surface area contributed by atoms with Crippen LogP contribution in [-0.4, -0.2) is 22.1 Å². The number of benzene rings is 3. The number of aryl methyl sites for hydroxylation is 1. The number of ether oxygens (including phenoxy) is 1. The molecule has 1 atom stereocenters. The zero-order chi connectivity index (χ0) is 23.2. The zero-order valence-electron chi connectivity index (χ0n) is 17.4. The number of fused-ring (bicyclic) bond motifs is 1. The molecule has 166 valence electrons. The maximum atomic E-state index is 13.1. The molecular formula is C25H18F3N3O2. The summed E-state index contributed by atoms with van der Waals surface area (Å²) >= 11 is 0. The highest BCUT2D eigenvalue weighted by Crippen LogP contribution is 2.39. The second-order valence-electron chi connectivity index (χ2n) is 7.75. The van der Waals surface area contributed by atoms with Crippen molar-refractivity contribution in [3.05, 3.63) is 101 Å². The molecule has 0 saturated carbocycles. The minimum atomic E-state index is -4.78. The van der Waals surface area contributed by atoms with Crippen LogP contribution < -0.4 is 10.1 Å². The van der Waals surface area contributed by atoms with Crippen LogP contribution in [0.1, 0.15) is 33.2 Å². The standard InChI is InChI=1S/C25H18F3N3O2/c1-15-7-9-17(10-8-15)21-20-22(16-5-3-2-4-6-16)30-31(23(20)24(32)29-21)18-11-13-19(14-12-18)33-25(26,27)28/h2-14,21H,1H3,(H,29,32). The van der Waals surface area contributed by atoms with Crippen molar-refractivity contribution < 1.29 is 22.7 Å². The van der Waals surface area contributed by atoms with Crippen molar-refractivity contribution in [2.45, 2.75) is 19.3 Å². The van der Waals surface area contributed by atoms with Crippen LogP contribution in [0.15, 0.2) is 78.9 Å². The number of carbonyl (C=O) groups is 1. The van der Waals surface area contributed by atoms with Gasteiger partial charge in [-0.25, -0.2) is 4.68 Å². The number of aromatic nitrogens is 2. The van der Waals surface area contributed by atoms with Crippen LogP contribution in [0.5, 0.6) is 5.75 Å². The van der Waals surface area contributed by atoms with Crippen molar-refractivity contribution >= 4 is 5.91 Å². The molecule has 1 aliphatic rings. The van der Waals surface area contributed by atoms with Crippen molar-refractivity contribution in [3.63, 3.8) is 0 Å². The van der Waals surface area contributed by atoms with Gasteiger partial charge in [-0.3, -0.25) is 4.79 Å². The van der Waals surface area contributed by atoms with Crippen LogP contribution in [0.25, 0.3) is 16.9 Å². The zero-order valence-corrected chi connectivity index (χ0v) is 17.4. The number of amides is 1. The molecule has 1 aliphatic heterocycles. The number of carbonyl (C=O) groups excluding carboxylic acids is 1. The van der Waals surface area contributed by atoms with Crippen LogP contribution in [0, 0.1) is 6.92 Å². The molecule has 1 amide bonds. The van der Waals surface area contributed by atoms with Gasteiger partial charge in [-0.15, -0.1) is 13.2 Å². The fraction of sp³-hybridized carbons (Fsp3) is 0.120. The molecule has 2 heterocycles. The molecule has 0 bridgehead atoms. The van der Waals surface area contributed by atoms with Gasteiger partial charge in [0.15, 0.2) is 0 Å². The lowest BCUT2D eigenvalue weighted by molar-refractivity contribution is -0.274. The normalized spacial score (nSPS) is 15.3. The van der Waals surface area contributed by atoms with Gasteiger partial charge in [0.1, 0.15) is 11.4 Å². The van der Waals surface area contributed by atoms with Crippen molar-refractivity contribution in [1.29, 1.82) is 0 Å². The van der Waals surface area contributed by atoms with Gasteiger partial charge in [0.05, 0.1) is 17.4 Å². The van der Waals surface area contributed by atoms with E-state index in [1.165, 1.54) is 28.9 Å². The lowest BCUT2D eigenvalue weighted by atomic mass is 9.96. The molecule has 5 nitrogen and oxygen atoms in total. The van der Waals surface area contributed by atoms with Gasteiger partial charge < -0.3 is 10.1 Å². The van der Waals surface area contributed by atoms with Crippen LogP contribution in [0.4, 0.5) is 13.2 Å². The highest BCUT2D eigenvalue weighted by Gasteiger charge is 2.38. The first-order valence-electron chi connectivity index (χ1n) is 10.2. The van der Waals surface area contributed by atoms with Gasteiger partial charge in [-0.05, 0) is 36.8 Å². The van der Waals surface area contributed by atoms with Crippen LogP contribution in [0.3, 0.4) is 0 Å². The molecule has 0 saturated heterocycles. The highest BCUT2D eigenvalue weighted by atomic mass is 19.4. The lowest BCUT2D eigenvalue weighted by Crippen LogP contribution is -2.22. The molecule has 1 unspecified atom stereocenters. The Kier molecular flexibility index (Phi) is 4.92. The number of nitrogens with zero attached hydrogens (tertiary/aromatic N) is 2. The molecule has 0 fully saturated rings. The number of nitrogens with one attached hydrogen (secondary N) is 1. The first-order valence-corrected chi connectivity index (χ1v) is 10.2. The fourth-order valence-electron chi connectivity index (χ4n) is 3.99. The largest absolute Gasteiger partial charge is 0.573 e. The summed E-state index contributed by atoms with van der Waals surface area (Å²) in [5.41, 5.74) is 5.00. The predicted octanol–water partition coefficient (Wildman–Crippen LogP) is 5.58. The van der Waals surface area contributed by atoms with E-state index >= 15 is 0 Å². The summed E-state index contributed by atoms with van der Waals surface area (Å²) in [6, 6.07) is 22.2. The maximum absolute atomic E-state index is 13.1. The monoisotopic (exact) mass is 449 g/mol. The Morgan fingerprint density at radius 1 is 0.939 bits per heavy atom. The van der Waals surface area contributed by atoms with Crippen LogP contribution in [-0.2, 0) is 0 Å². The molecule has 1 N–H and O–H groups in total. The molecule has 0 aliphatic carbocycles. The third kappa shape index (κ3) is 3.95. The summed E-state index contributed by atoms with van der Waals surface area (Å²) in [4.78, 5) is 13.1. The summed E-state index contributed by atoms with van der Waals surface area (Å²) in [5, 5.41) is 7.74. The summed E-state index contributed by atoms with van der Waals surface area (Å²) in [5.74, 6) is -0.652. The average Bonchev–Trinajstić information content (AvgIpc) is 3.34. The third-order valence-electron chi connectivity index (χ3n) is 5.47. The smallest absolute Gasteiger partial charge is 0.406 e. The van der Waals surface area contributed by atoms with E-state index in [2.05, 4.69) is 10.1 Å². The molecule has 33 heavy (non-hydrogen) atoms. The fourth-order valence-corrected chi connectivity index (χ4v) is 3.99. The predicted molar refractivity (Wildman–Crippen MR) is 116 cm³/mol. The van der Waals surface area contributed by atoms with Gasteiger partial charge >= 0.3 is 6.36 Å². The van der Waals surface area contributed by atoms with Crippen molar-refractivity contribution in [3.8, 4) is 22.7 Å². The van der Waals surface area contributed by atoms with E-state index in [9.17, 15) is 18.0 Å². The van der Waals surface area contributed by atoms with Crippen molar-refractivity contribution in [1.82, 2.24) is 15.1 Å². The Morgan fingerprint density at radius 2 is 1.61 bits per heavy atom. The number of alkyl halides is 3. The molecule has 0 radical (unpaired) electrons. The first-order chi connectivity index (χ1) is 15.8. The molecule has 8 heteroatoms. The second kappa shape index (κ2) is 7.81. The quantitative estimate of drug-likeness (QED) is 0.443. The van der Waals surface area contributed by atoms with E-state index in [0.717, 1.165) is 22.3 Å². The van der Waals surface area contributed by atoms with E-state index in [1.54, 1.807) is 0 Å². The first kappa shape index (κ1) is 20.8. The van der Waals surface area contributed by atoms with E-state index in [0.29, 0.717) is 17.1 Å². The van der Waals surface area contributed by atoms with E-state index in [1.807, 2.05) is 61.5 Å². The second-order valence-corrected chi connectivity index (χ2v) is 7.75. The Balaban J connectivity index is 1.65. The number of rotatable bonds is 4. The molecular weight excluding hydrogens is 431 g/mol. The topological polar surface area (TPSA) is 56.2 Å². The third-order valence-corrected chi connectivity index (χ3v) is 5.47. The minimum Gasteiger partial charge on any atom is -0.406 e. The molecule has 0 spiro atoms. The summed E-state index contributed by atoms with van der Waals surface area (Å²) < 4.78 is 43.0. The number of hydrogen-bond acceptors (Lipinski definition) is 3. The highest BCUT2D eigenvalue weighted by molar-refractivity contribution is 6.01. The van der Waals surface area contributed by atoms with E-state index < -0.39 is 12.4 Å². The van der Waals surface area contributed by atoms with Gasteiger partial charge in [-0.2, -0.15) is 5.10 Å². The minimum absolute atomic E-state index is 0.305. The Labute approximate surface area is 187 Å². The van der Waals surface area contributed by atoms with Gasteiger partial charge in [0.25, 0.3) is 5.91 Å². The Morgan fingerprint density at radius 3 is 2.24 bits per heavy atom. The summed E-state index contributed by atoms with van der Waals surface area (Å²) in [6.45, 7) is 1.99. The van der Waals surface area contributed by atoms with Gasteiger partial charge in [0, 0.05) is 11.1 Å². The van der Waals surface area contributed by atoms with Gasteiger partial charge in [-0.1, -0.05) is 60.2 Å². The summed E-state index contributed by atoms with van der Waals surface area (Å²) in [7, 11) is 0. The van der Waals surface area contributed by atoms with Crippen LogP contribution in [0.2, 0.25) is 0 Å².